The Labute approximate surface area is 87.0 Å². The summed E-state index contributed by atoms with van der Waals surface area (Å²) in [5.74, 6) is 1.04. The van der Waals surface area contributed by atoms with Gasteiger partial charge in [-0.3, -0.25) is 4.90 Å². The average Bonchev–Trinajstić information content (AvgIpc) is 2.75. The number of fused-ring (bicyclic) bond motifs is 2. The molecule has 0 aromatic heterocycles. The first-order valence-electron chi connectivity index (χ1n) is 6.40. The fourth-order valence-electron chi connectivity index (χ4n) is 3.66. The number of nitrogens with zero attached hydrogens (tertiary/aromatic N) is 1. The zero-order chi connectivity index (χ0) is 9.38. The van der Waals surface area contributed by atoms with Gasteiger partial charge in [0.15, 0.2) is 0 Å². The van der Waals surface area contributed by atoms with Gasteiger partial charge in [-0.25, -0.2) is 0 Å². The lowest BCUT2D eigenvalue weighted by atomic mass is 10.1. The van der Waals surface area contributed by atoms with Gasteiger partial charge in [-0.1, -0.05) is 12.8 Å². The maximum atomic E-state index is 3.56. The Morgan fingerprint density at radius 3 is 2.21 bits per heavy atom. The van der Waals surface area contributed by atoms with Crippen molar-refractivity contribution in [1.29, 1.82) is 0 Å². The molecule has 2 heteroatoms. The van der Waals surface area contributed by atoms with Crippen LogP contribution in [0, 0.1) is 5.92 Å². The summed E-state index contributed by atoms with van der Waals surface area (Å²) in [5, 5.41) is 3.56. The predicted molar refractivity (Wildman–Crippen MR) is 58.3 cm³/mol. The summed E-state index contributed by atoms with van der Waals surface area (Å²) < 4.78 is 0. The van der Waals surface area contributed by atoms with E-state index >= 15 is 0 Å². The van der Waals surface area contributed by atoms with E-state index in [1.807, 2.05) is 0 Å². The molecule has 2 bridgehead atoms. The van der Waals surface area contributed by atoms with Gasteiger partial charge in [0.1, 0.15) is 0 Å². The van der Waals surface area contributed by atoms with Gasteiger partial charge in [0.2, 0.25) is 0 Å². The summed E-state index contributed by atoms with van der Waals surface area (Å²) in [7, 11) is 0. The molecule has 2 nitrogen and oxygen atoms in total. The van der Waals surface area contributed by atoms with Crippen molar-refractivity contribution in [3.05, 3.63) is 0 Å². The third-order valence-electron chi connectivity index (χ3n) is 4.47. The van der Waals surface area contributed by atoms with Crippen LogP contribution in [0.4, 0.5) is 0 Å². The molecule has 14 heavy (non-hydrogen) atoms. The van der Waals surface area contributed by atoms with Gasteiger partial charge in [-0.2, -0.15) is 0 Å². The number of hydrogen-bond donors (Lipinski definition) is 1. The second-order valence-corrected chi connectivity index (χ2v) is 5.39. The highest BCUT2D eigenvalue weighted by Crippen LogP contribution is 2.32. The molecule has 3 fully saturated rings. The lowest BCUT2D eigenvalue weighted by Crippen LogP contribution is -2.52. The van der Waals surface area contributed by atoms with E-state index in [0.717, 1.165) is 18.0 Å². The SMILES string of the molecule is C1CCC(CN2C3CCC2CNC3)C1. The molecule has 2 atom stereocenters. The summed E-state index contributed by atoms with van der Waals surface area (Å²) in [5.41, 5.74) is 0. The third kappa shape index (κ3) is 1.59. The fourth-order valence-corrected chi connectivity index (χ4v) is 3.66. The maximum Gasteiger partial charge on any atom is 0.0224 e. The van der Waals surface area contributed by atoms with E-state index in [1.54, 1.807) is 0 Å². The molecule has 1 N–H and O–H groups in total. The average molecular weight is 194 g/mol. The maximum absolute atomic E-state index is 3.56. The van der Waals surface area contributed by atoms with Crippen molar-refractivity contribution in [1.82, 2.24) is 10.2 Å². The second-order valence-electron chi connectivity index (χ2n) is 5.39. The number of nitrogens with one attached hydrogen (secondary N) is 1. The molecule has 2 heterocycles. The predicted octanol–water partition coefficient (Wildman–Crippen LogP) is 1.61. The number of piperazine rings is 1. The molecule has 0 amide bonds. The van der Waals surface area contributed by atoms with Crippen LogP contribution in [0.2, 0.25) is 0 Å². The molecule has 2 saturated heterocycles. The van der Waals surface area contributed by atoms with Crippen LogP contribution in [0.15, 0.2) is 0 Å². The van der Waals surface area contributed by atoms with Gasteiger partial charge in [-0.15, -0.1) is 0 Å². The molecule has 1 saturated carbocycles. The van der Waals surface area contributed by atoms with Gasteiger partial charge in [0.25, 0.3) is 0 Å². The van der Waals surface area contributed by atoms with Gasteiger partial charge >= 0.3 is 0 Å². The van der Waals surface area contributed by atoms with Crippen molar-refractivity contribution in [2.45, 2.75) is 50.6 Å². The van der Waals surface area contributed by atoms with E-state index in [-0.39, 0.29) is 0 Å². The molecule has 0 radical (unpaired) electrons. The highest BCUT2D eigenvalue weighted by Gasteiger charge is 2.37. The normalized spacial score (nSPS) is 39.4. The minimum Gasteiger partial charge on any atom is -0.314 e. The smallest absolute Gasteiger partial charge is 0.0224 e. The van der Waals surface area contributed by atoms with E-state index < -0.39 is 0 Å². The molecule has 80 valence electrons. The van der Waals surface area contributed by atoms with E-state index in [2.05, 4.69) is 10.2 Å². The zero-order valence-electron chi connectivity index (χ0n) is 9.04. The van der Waals surface area contributed by atoms with Crippen LogP contribution in [0.25, 0.3) is 0 Å². The van der Waals surface area contributed by atoms with E-state index in [9.17, 15) is 0 Å². The monoisotopic (exact) mass is 194 g/mol. The van der Waals surface area contributed by atoms with Crippen molar-refractivity contribution in [3.8, 4) is 0 Å². The van der Waals surface area contributed by atoms with Crippen molar-refractivity contribution in [2.75, 3.05) is 19.6 Å². The molecule has 3 aliphatic rings. The molecule has 2 unspecified atom stereocenters. The zero-order valence-corrected chi connectivity index (χ0v) is 9.04. The van der Waals surface area contributed by atoms with Gasteiger partial charge in [-0.05, 0) is 31.6 Å². The van der Waals surface area contributed by atoms with Crippen LogP contribution in [-0.2, 0) is 0 Å². The molecular formula is C12H22N2. The van der Waals surface area contributed by atoms with Crippen LogP contribution >= 0.6 is 0 Å². The first kappa shape index (κ1) is 9.17. The van der Waals surface area contributed by atoms with Crippen LogP contribution in [0.5, 0.6) is 0 Å². The summed E-state index contributed by atoms with van der Waals surface area (Å²) in [4.78, 5) is 2.83. The Hall–Kier alpha value is -0.0800. The van der Waals surface area contributed by atoms with Gasteiger partial charge < -0.3 is 5.32 Å². The molecule has 0 spiro atoms. The summed E-state index contributed by atoms with van der Waals surface area (Å²) in [6.45, 7) is 3.92. The fraction of sp³-hybridized carbons (Fsp3) is 1.00. The molecule has 2 aliphatic heterocycles. The lowest BCUT2D eigenvalue weighted by molar-refractivity contribution is 0.130. The Bertz CT molecular complexity index is 182. The van der Waals surface area contributed by atoms with E-state index in [0.29, 0.717) is 0 Å². The van der Waals surface area contributed by atoms with Crippen LogP contribution < -0.4 is 5.32 Å². The molecule has 1 aliphatic carbocycles. The lowest BCUT2D eigenvalue weighted by Gasteiger charge is -2.36. The Kier molecular flexibility index (Phi) is 2.50. The Morgan fingerprint density at radius 1 is 0.929 bits per heavy atom. The topological polar surface area (TPSA) is 15.3 Å². The highest BCUT2D eigenvalue weighted by atomic mass is 15.3. The second kappa shape index (κ2) is 3.82. The summed E-state index contributed by atoms with van der Waals surface area (Å²) in [6, 6.07) is 1.77. The third-order valence-corrected chi connectivity index (χ3v) is 4.47. The van der Waals surface area contributed by atoms with Crippen LogP contribution in [0.3, 0.4) is 0 Å². The first-order chi connectivity index (χ1) is 6.93. The molecule has 0 aromatic carbocycles. The van der Waals surface area contributed by atoms with Crippen molar-refractivity contribution >= 4 is 0 Å². The van der Waals surface area contributed by atoms with E-state index in [4.69, 9.17) is 0 Å². The largest absolute Gasteiger partial charge is 0.314 e. The minimum absolute atomic E-state index is 0.884. The summed E-state index contributed by atoms with van der Waals surface area (Å²) >= 11 is 0. The highest BCUT2D eigenvalue weighted by molar-refractivity contribution is 4.95. The van der Waals surface area contributed by atoms with Gasteiger partial charge in [0.05, 0.1) is 0 Å². The number of hydrogen-bond acceptors (Lipinski definition) is 2. The molecular weight excluding hydrogens is 172 g/mol. The number of rotatable bonds is 2. The van der Waals surface area contributed by atoms with Crippen molar-refractivity contribution in [3.63, 3.8) is 0 Å². The Balaban J connectivity index is 1.61. The van der Waals surface area contributed by atoms with Crippen LogP contribution in [-0.4, -0.2) is 36.6 Å². The van der Waals surface area contributed by atoms with Crippen molar-refractivity contribution in [2.24, 2.45) is 5.92 Å². The quantitative estimate of drug-likeness (QED) is 0.718. The standard InChI is InChI=1S/C12H22N2/c1-2-4-10(3-1)9-14-11-5-6-12(14)8-13-7-11/h10-13H,1-9H2. The Morgan fingerprint density at radius 2 is 1.57 bits per heavy atom. The summed E-state index contributed by atoms with van der Waals surface area (Å²) in [6.07, 6.45) is 8.89. The van der Waals surface area contributed by atoms with Gasteiger partial charge in [0, 0.05) is 31.7 Å². The molecule has 3 rings (SSSR count). The van der Waals surface area contributed by atoms with Crippen molar-refractivity contribution < 1.29 is 0 Å². The van der Waals surface area contributed by atoms with E-state index in [1.165, 1.54) is 58.2 Å². The van der Waals surface area contributed by atoms with Crippen LogP contribution in [0.1, 0.15) is 38.5 Å². The first-order valence-corrected chi connectivity index (χ1v) is 6.40. The minimum atomic E-state index is 0.884. The molecule has 0 aromatic rings.